The van der Waals surface area contributed by atoms with E-state index in [0.29, 0.717) is 5.88 Å². The number of hydrogen-bond donors (Lipinski definition) is 0. The molecule has 0 N–H and O–H groups in total. The molecule has 74 valence electrons. The molecule has 4 nitrogen and oxygen atoms in total. The van der Waals surface area contributed by atoms with Crippen molar-refractivity contribution in [3.05, 3.63) is 28.8 Å². The molecule has 0 radical (unpaired) electrons. The van der Waals surface area contributed by atoms with Crippen LogP contribution in [-0.4, -0.2) is 19.1 Å². The van der Waals surface area contributed by atoms with Gasteiger partial charge in [0.25, 0.3) is 0 Å². The molecule has 2 aromatic rings. The van der Waals surface area contributed by atoms with Crippen LogP contribution in [0.2, 0.25) is 0 Å². The molecule has 14 heavy (non-hydrogen) atoms. The number of hydrogen-bond acceptors (Lipinski definition) is 4. The number of aryl methyl sites for hydroxylation is 1. The highest BCUT2D eigenvalue weighted by Crippen LogP contribution is 2.11. The van der Waals surface area contributed by atoms with Crippen molar-refractivity contribution in [3.8, 4) is 0 Å². The second-order valence-electron chi connectivity index (χ2n) is 2.95. The van der Waals surface area contributed by atoms with Crippen LogP contribution in [0.4, 0.5) is 0 Å². The van der Waals surface area contributed by atoms with E-state index in [2.05, 4.69) is 14.6 Å². The summed E-state index contributed by atoms with van der Waals surface area (Å²) in [5.41, 5.74) is 1.87. The largest absolute Gasteiger partial charge is 0.332 e. The first-order valence-corrected chi connectivity index (χ1v) is 5.45. The Labute approximate surface area is 90.7 Å². The van der Waals surface area contributed by atoms with Crippen molar-refractivity contribution in [2.45, 2.75) is 19.3 Å². The lowest BCUT2D eigenvalue weighted by molar-refractivity contribution is 0.800. The summed E-state index contributed by atoms with van der Waals surface area (Å²) in [6, 6.07) is 0. The van der Waals surface area contributed by atoms with Crippen LogP contribution in [0.1, 0.15) is 16.3 Å². The molecule has 0 aliphatic heterocycles. The summed E-state index contributed by atoms with van der Waals surface area (Å²) >= 11 is 7.07. The molecule has 0 bridgehead atoms. The zero-order chi connectivity index (χ0) is 9.97. The van der Waals surface area contributed by atoms with Gasteiger partial charge in [-0.1, -0.05) is 4.49 Å². The maximum Gasteiger partial charge on any atom is 0.0953 e. The monoisotopic (exact) mass is 228 g/mol. The van der Waals surface area contributed by atoms with Gasteiger partial charge in [0.05, 0.1) is 35.0 Å². The molecule has 0 aromatic carbocycles. The Balaban J connectivity index is 2.15. The first-order chi connectivity index (χ1) is 6.79. The molecule has 2 aromatic heterocycles. The Morgan fingerprint density at radius 2 is 2.43 bits per heavy atom. The fourth-order valence-electron chi connectivity index (χ4n) is 1.12. The van der Waals surface area contributed by atoms with E-state index in [0.717, 1.165) is 22.8 Å². The highest BCUT2D eigenvalue weighted by Gasteiger charge is 2.04. The van der Waals surface area contributed by atoms with Crippen LogP contribution in [0.3, 0.4) is 0 Å². The predicted molar refractivity (Wildman–Crippen MR) is 55.5 cm³/mol. The van der Waals surface area contributed by atoms with Crippen molar-refractivity contribution in [1.29, 1.82) is 0 Å². The number of halogens is 1. The van der Waals surface area contributed by atoms with Gasteiger partial charge in [-0.25, -0.2) is 4.98 Å². The Bertz CT molecular complexity index is 422. The molecule has 0 unspecified atom stereocenters. The van der Waals surface area contributed by atoms with Gasteiger partial charge >= 0.3 is 0 Å². The van der Waals surface area contributed by atoms with Crippen molar-refractivity contribution in [3.63, 3.8) is 0 Å². The van der Waals surface area contributed by atoms with Crippen molar-refractivity contribution >= 4 is 23.1 Å². The highest BCUT2D eigenvalue weighted by molar-refractivity contribution is 7.05. The number of imidazole rings is 1. The van der Waals surface area contributed by atoms with E-state index < -0.39 is 0 Å². The van der Waals surface area contributed by atoms with Crippen LogP contribution in [-0.2, 0) is 12.4 Å². The molecule has 2 heterocycles. The van der Waals surface area contributed by atoms with Crippen LogP contribution in [0.5, 0.6) is 0 Å². The number of nitrogens with zero attached hydrogens (tertiary/aromatic N) is 4. The SMILES string of the molecule is Cc1nnsc1Cn1cnc(CCl)c1. The van der Waals surface area contributed by atoms with E-state index >= 15 is 0 Å². The third kappa shape index (κ3) is 1.93. The van der Waals surface area contributed by atoms with Crippen LogP contribution in [0, 0.1) is 6.92 Å². The number of alkyl halides is 1. The second kappa shape index (κ2) is 4.06. The Morgan fingerprint density at radius 1 is 1.57 bits per heavy atom. The molecule has 6 heteroatoms. The molecule has 0 saturated heterocycles. The maximum absolute atomic E-state index is 5.66. The standard InChI is InChI=1S/C8H9ClN4S/c1-6-8(14-12-11-6)4-13-3-7(2-9)10-5-13/h3,5H,2,4H2,1H3. The van der Waals surface area contributed by atoms with Crippen LogP contribution in [0.25, 0.3) is 0 Å². The quantitative estimate of drug-likeness (QED) is 0.753. The van der Waals surface area contributed by atoms with Gasteiger partial charge in [0.15, 0.2) is 0 Å². The van der Waals surface area contributed by atoms with E-state index in [1.165, 1.54) is 11.5 Å². The minimum atomic E-state index is 0.451. The minimum Gasteiger partial charge on any atom is -0.332 e. The van der Waals surface area contributed by atoms with Gasteiger partial charge in [0.2, 0.25) is 0 Å². The second-order valence-corrected chi connectivity index (χ2v) is 4.06. The summed E-state index contributed by atoms with van der Waals surface area (Å²) in [4.78, 5) is 5.30. The third-order valence-electron chi connectivity index (χ3n) is 1.90. The lowest BCUT2D eigenvalue weighted by Crippen LogP contribution is -1.95. The van der Waals surface area contributed by atoms with Gasteiger partial charge in [-0.3, -0.25) is 0 Å². The lowest BCUT2D eigenvalue weighted by Gasteiger charge is -1.97. The summed E-state index contributed by atoms with van der Waals surface area (Å²) < 4.78 is 5.86. The van der Waals surface area contributed by atoms with Crippen LogP contribution >= 0.6 is 23.1 Å². The van der Waals surface area contributed by atoms with Crippen LogP contribution in [0.15, 0.2) is 12.5 Å². The van der Waals surface area contributed by atoms with Crippen molar-refractivity contribution < 1.29 is 0 Å². The molecule has 0 aliphatic carbocycles. The molecule has 2 rings (SSSR count). The van der Waals surface area contributed by atoms with Crippen LogP contribution < -0.4 is 0 Å². The average molecular weight is 229 g/mol. The molecule has 0 fully saturated rings. The molecule has 0 spiro atoms. The van der Waals surface area contributed by atoms with Gasteiger partial charge in [-0.05, 0) is 18.5 Å². The Hall–Kier alpha value is -0.940. The fraction of sp³-hybridized carbons (Fsp3) is 0.375. The zero-order valence-electron chi connectivity index (χ0n) is 7.64. The van der Waals surface area contributed by atoms with E-state index in [1.807, 2.05) is 17.7 Å². The summed E-state index contributed by atoms with van der Waals surface area (Å²) in [5, 5.41) is 3.95. The zero-order valence-corrected chi connectivity index (χ0v) is 9.22. The van der Waals surface area contributed by atoms with Gasteiger partial charge < -0.3 is 4.57 Å². The minimum absolute atomic E-state index is 0.451. The molecular weight excluding hydrogens is 220 g/mol. The van der Waals surface area contributed by atoms with E-state index in [9.17, 15) is 0 Å². The summed E-state index contributed by atoms with van der Waals surface area (Å²) in [7, 11) is 0. The molecule has 0 atom stereocenters. The lowest BCUT2D eigenvalue weighted by atomic mass is 10.4. The predicted octanol–water partition coefficient (Wildman–Crippen LogP) is 1.83. The highest BCUT2D eigenvalue weighted by atomic mass is 35.5. The average Bonchev–Trinajstić information content (AvgIpc) is 2.77. The first-order valence-electron chi connectivity index (χ1n) is 4.14. The van der Waals surface area contributed by atoms with E-state index in [1.54, 1.807) is 6.33 Å². The smallest absolute Gasteiger partial charge is 0.0953 e. The van der Waals surface area contributed by atoms with Gasteiger partial charge in [-0.15, -0.1) is 16.7 Å². The number of aromatic nitrogens is 4. The Morgan fingerprint density at radius 3 is 3.00 bits per heavy atom. The molecular formula is C8H9ClN4S. The summed E-state index contributed by atoms with van der Waals surface area (Å²) in [6.07, 6.45) is 3.71. The van der Waals surface area contributed by atoms with Gasteiger partial charge in [-0.2, -0.15) is 0 Å². The van der Waals surface area contributed by atoms with Crippen molar-refractivity contribution in [2.75, 3.05) is 0 Å². The fourth-order valence-corrected chi connectivity index (χ4v) is 1.90. The molecule has 0 amide bonds. The molecule has 0 saturated carbocycles. The summed E-state index contributed by atoms with van der Waals surface area (Å²) in [6.45, 7) is 2.73. The number of rotatable bonds is 3. The first kappa shape index (κ1) is 9.61. The van der Waals surface area contributed by atoms with E-state index in [4.69, 9.17) is 11.6 Å². The maximum atomic E-state index is 5.66. The Kier molecular flexibility index (Phi) is 2.79. The summed E-state index contributed by atoms with van der Waals surface area (Å²) in [5.74, 6) is 0.451. The topological polar surface area (TPSA) is 43.6 Å². The normalized spacial score (nSPS) is 10.7. The van der Waals surface area contributed by atoms with E-state index in [-0.39, 0.29) is 0 Å². The van der Waals surface area contributed by atoms with Gasteiger partial charge in [0.1, 0.15) is 0 Å². The van der Waals surface area contributed by atoms with Crippen molar-refractivity contribution in [1.82, 2.24) is 19.1 Å². The van der Waals surface area contributed by atoms with Crippen molar-refractivity contribution in [2.24, 2.45) is 0 Å². The van der Waals surface area contributed by atoms with Gasteiger partial charge in [0, 0.05) is 6.20 Å². The molecule has 0 aliphatic rings. The third-order valence-corrected chi connectivity index (χ3v) is 2.98.